The molecular weight excluding hydrogens is 208 g/mol. The van der Waals surface area contributed by atoms with Crippen LogP contribution in [0.5, 0.6) is 0 Å². The van der Waals surface area contributed by atoms with E-state index in [0.717, 1.165) is 5.56 Å². The first-order valence-electron chi connectivity index (χ1n) is 4.94. The van der Waals surface area contributed by atoms with Gasteiger partial charge in [0.1, 0.15) is 5.82 Å². The van der Waals surface area contributed by atoms with E-state index in [0.29, 0.717) is 17.9 Å². The fourth-order valence-electron chi connectivity index (χ4n) is 1.35. The fourth-order valence-corrected chi connectivity index (χ4v) is 1.35. The number of hydrogen-bond acceptors (Lipinski definition) is 3. The van der Waals surface area contributed by atoms with Gasteiger partial charge < -0.3 is 10.4 Å². The van der Waals surface area contributed by atoms with Gasteiger partial charge in [0.25, 0.3) is 0 Å². The molecule has 1 rings (SSSR count). The first-order chi connectivity index (χ1) is 7.47. The van der Waals surface area contributed by atoms with Gasteiger partial charge in [-0.2, -0.15) is 0 Å². The Morgan fingerprint density at radius 1 is 1.44 bits per heavy atom. The molecule has 5 nitrogen and oxygen atoms in total. The summed E-state index contributed by atoms with van der Waals surface area (Å²) in [6, 6.07) is 3.56. The van der Waals surface area contributed by atoms with E-state index in [1.807, 2.05) is 13.0 Å². The van der Waals surface area contributed by atoms with Crippen LogP contribution in [0.2, 0.25) is 0 Å². The maximum atomic E-state index is 10.9. The lowest BCUT2D eigenvalue weighted by molar-refractivity contribution is -0.137. The molecule has 0 saturated heterocycles. The van der Waals surface area contributed by atoms with E-state index in [9.17, 15) is 9.59 Å². The van der Waals surface area contributed by atoms with Crippen LogP contribution in [0.25, 0.3) is 0 Å². The van der Waals surface area contributed by atoms with Crippen LogP contribution >= 0.6 is 0 Å². The second kappa shape index (κ2) is 5.25. The minimum atomic E-state index is -0.857. The van der Waals surface area contributed by atoms with Crippen LogP contribution in [0.1, 0.15) is 24.6 Å². The molecule has 1 aromatic heterocycles. The Morgan fingerprint density at radius 3 is 2.69 bits per heavy atom. The largest absolute Gasteiger partial charge is 0.481 e. The number of carboxylic acid groups (broad SMARTS) is 1. The second-order valence-electron chi connectivity index (χ2n) is 3.60. The second-order valence-corrected chi connectivity index (χ2v) is 3.60. The molecule has 0 aromatic carbocycles. The smallest absolute Gasteiger partial charge is 0.303 e. The lowest BCUT2D eigenvalue weighted by atomic mass is 10.1. The number of hydrogen-bond donors (Lipinski definition) is 2. The van der Waals surface area contributed by atoms with Crippen molar-refractivity contribution in [3.05, 3.63) is 23.4 Å². The lowest BCUT2D eigenvalue weighted by Gasteiger charge is -2.06. The van der Waals surface area contributed by atoms with E-state index in [2.05, 4.69) is 10.3 Å². The molecule has 0 saturated carbocycles. The van der Waals surface area contributed by atoms with E-state index in [1.165, 1.54) is 6.92 Å². The summed E-state index contributed by atoms with van der Waals surface area (Å²) in [4.78, 5) is 25.4. The average Bonchev–Trinajstić information content (AvgIpc) is 2.12. The van der Waals surface area contributed by atoms with Crippen LogP contribution in [-0.2, 0) is 16.0 Å². The standard InChI is InChI=1S/C11H14N2O3/c1-7-5-9(3-4-11(15)16)13-10(6-7)12-8(2)14/h5-6H,3-4H2,1-2H3,(H,15,16)(H,12,13,14). The van der Waals surface area contributed by atoms with Crippen LogP contribution in [0.3, 0.4) is 0 Å². The Balaban J connectivity index is 2.80. The molecule has 0 spiro atoms. The Morgan fingerprint density at radius 2 is 2.12 bits per heavy atom. The number of carbonyl (C=O) groups is 2. The molecule has 0 aliphatic carbocycles. The normalized spacial score (nSPS) is 9.88. The Kier molecular flexibility index (Phi) is 3.99. The van der Waals surface area contributed by atoms with Crippen LogP contribution in [0, 0.1) is 6.92 Å². The number of aromatic nitrogens is 1. The zero-order chi connectivity index (χ0) is 12.1. The molecule has 0 fully saturated rings. The molecule has 0 aliphatic heterocycles. The minimum absolute atomic E-state index is 0.0377. The van der Waals surface area contributed by atoms with Gasteiger partial charge in [0.15, 0.2) is 0 Å². The molecule has 1 amide bonds. The Bertz CT molecular complexity index is 416. The number of carboxylic acids is 1. The number of rotatable bonds is 4. The number of amides is 1. The van der Waals surface area contributed by atoms with Gasteiger partial charge in [0.2, 0.25) is 5.91 Å². The molecule has 1 aromatic rings. The van der Waals surface area contributed by atoms with Crippen molar-refractivity contribution in [3.63, 3.8) is 0 Å². The summed E-state index contributed by atoms with van der Waals surface area (Å²) in [5.41, 5.74) is 1.62. The summed E-state index contributed by atoms with van der Waals surface area (Å²) in [6.07, 6.45) is 0.402. The summed E-state index contributed by atoms with van der Waals surface area (Å²) in [5, 5.41) is 11.1. The molecule has 5 heteroatoms. The topological polar surface area (TPSA) is 79.3 Å². The summed E-state index contributed by atoms with van der Waals surface area (Å²) < 4.78 is 0. The predicted molar refractivity (Wildman–Crippen MR) is 59.2 cm³/mol. The van der Waals surface area contributed by atoms with E-state index < -0.39 is 5.97 Å². The molecule has 0 atom stereocenters. The number of aliphatic carboxylic acids is 1. The third-order valence-corrected chi connectivity index (χ3v) is 1.92. The molecule has 0 radical (unpaired) electrons. The van der Waals surface area contributed by atoms with Crippen molar-refractivity contribution in [2.75, 3.05) is 5.32 Å². The van der Waals surface area contributed by atoms with Crippen LogP contribution in [0.4, 0.5) is 5.82 Å². The van der Waals surface area contributed by atoms with E-state index in [1.54, 1.807) is 6.07 Å². The van der Waals surface area contributed by atoms with Gasteiger partial charge in [0, 0.05) is 19.0 Å². The Hall–Kier alpha value is -1.91. The molecular formula is C11H14N2O3. The van der Waals surface area contributed by atoms with Crippen LogP contribution in [-0.4, -0.2) is 22.0 Å². The number of anilines is 1. The fraction of sp³-hybridized carbons (Fsp3) is 0.364. The molecule has 86 valence electrons. The number of pyridine rings is 1. The van der Waals surface area contributed by atoms with Crippen LogP contribution < -0.4 is 5.32 Å². The maximum Gasteiger partial charge on any atom is 0.303 e. The van der Waals surface area contributed by atoms with E-state index >= 15 is 0 Å². The van der Waals surface area contributed by atoms with Gasteiger partial charge in [-0.1, -0.05) is 0 Å². The first kappa shape index (κ1) is 12.2. The number of nitrogens with one attached hydrogen (secondary N) is 1. The predicted octanol–water partition coefficient (Wildman–Crippen LogP) is 1.37. The molecule has 0 aliphatic rings. The molecule has 16 heavy (non-hydrogen) atoms. The highest BCUT2D eigenvalue weighted by atomic mass is 16.4. The van der Waals surface area contributed by atoms with Gasteiger partial charge >= 0.3 is 5.97 Å². The van der Waals surface area contributed by atoms with Crippen molar-refractivity contribution in [1.29, 1.82) is 0 Å². The summed E-state index contributed by atoms with van der Waals surface area (Å²) in [6.45, 7) is 3.28. The summed E-state index contributed by atoms with van der Waals surface area (Å²) in [7, 11) is 0. The molecule has 0 bridgehead atoms. The number of carbonyl (C=O) groups excluding carboxylic acids is 1. The molecule has 0 unspecified atom stereocenters. The quantitative estimate of drug-likeness (QED) is 0.806. The van der Waals surface area contributed by atoms with Gasteiger partial charge in [-0.3, -0.25) is 9.59 Å². The maximum absolute atomic E-state index is 10.9. The monoisotopic (exact) mass is 222 g/mol. The third kappa shape index (κ3) is 4.08. The van der Waals surface area contributed by atoms with Crippen molar-refractivity contribution in [2.24, 2.45) is 0 Å². The highest BCUT2D eigenvalue weighted by molar-refractivity contribution is 5.87. The van der Waals surface area contributed by atoms with Crippen LogP contribution in [0.15, 0.2) is 12.1 Å². The van der Waals surface area contributed by atoms with Gasteiger partial charge in [-0.05, 0) is 24.6 Å². The number of aryl methyl sites for hydroxylation is 2. The van der Waals surface area contributed by atoms with Crippen molar-refractivity contribution in [3.8, 4) is 0 Å². The lowest BCUT2D eigenvalue weighted by Crippen LogP contribution is -2.09. The first-order valence-corrected chi connectivity index (χ1v) is 4.94. The zero-order valence-corrected chi connectivity index (χ0v) is 9.28. The van der Waals surface area contributed by atoms with Crippen molar-refractivity contribution >= 4 is 17.7 Å². The third-order valence-electron chi connectivity index (χ3n) is 1.92. The van der Waals surface area contributed by atoms with E-state index in [4.69, 9.17) is 5.11 Å². The van der Waals surface area contributed by atoms with Gasteiger partial charge in [0.05, 0.1) is 6.42 Å². The number of nitrogens with zero attached hydrogens (tertiary/aromatic N) is 1. The van der Waals surface area contributed by atoms with Crippen molar-refractivity contribution in [2.45, 2.75) is 26.7 Å². The van der Waals surface area contributed by atoms with E-state index in [-0.39, 0.29) is 12.3 Å². The molecule has 1 heterocycles. The molecule has 2 N–H and O–H groups in total. The highest BCUT2D eigenvalue weighted by Crippen LogP contribution is 2.11. The summed E-state index contributed by atoms with van der Waals surface area (Å²) >= 11 is 0. The summed E-state index contributed by atoms with van der Waals surface area (Å²) in [5.74, 6) is -0.584. The van der Waals surface area contributed by atoms with Gasteiger partial charge in [-0.25, -0.2) is 4.98 Å². The SMILES string of the molecule is CC(=O)Nc1cc(C)cc(CCC(=O)O)n1. The van der Waals surface area contributed by atoms with Gasteiger partial charge in [-0.15, -0.1) is 0 Å². The van der Waals surface area contributed by atoms with Crippen molar-refractivity contribution < 1.29 is 14.7 Å². The minimum Gasteiger partial charge on any atom is -0.481 e. The van der Waals surface area contributed by atoms with Crippen molar-refractivity contribution in [1.82, 2.24) is 4.98 Å². The Labute approximate surface area is 93.5 Å². The average molecular weight is 222 g/mol. The highest BCUT2D eigenvalue weighted by Gasteiger charge is 2.04. The zero-order valence-electron chi connectivity index (χ0n) is 9.28.